The maximum Gasteiger partial charge on any atom is 0.492 e. The summed E-state index contributed by atoms with van der Waals surface area (Å²) >= 11 is 8.22. The van der Waals surface area contributed by atoms with Gasteiger partial charge in [-0.3, -0.25) is 4.79 Å². The van der Waals surface area contributed by atoms with E-state index >= 15 is 0 Å². The van der Waals surface area contributed by atoms with Crippen molar-refractivity contribution in [3.8, 4) is 0 Å². The molecule has 4 N–H and O–H groups in total. The van der Waals surface area contributed by atoms with Crippen LogP contribution in [0.4, 0.5) is 0 Å². The normalized spacial score (nSPS) is 12.0. The predicted molar refractivity (Wildman–Crippen MR) is 107 cm³/mol. The Morgan fingerprint density at radius 3 is 2.46 bits per heavy atom. The van der Waals surface area contributed by atoms with E-state index in [1.807, 2.05) is 30.3 Å². The molecule has 0 radical (unpaired) electrons. The largest absolute Gasteiger partial charge is 0.492 e. The predicted octanol–water partition coefficient (Wildman–Crippen LogP) is 2.14. The highest BCUT2D eigenvalue weighted by Crippen LogP contribution is 2.32. The van der Waals surface area contributed by atoms with Crippen molar-refractivity contribution in [1.82, 2.24) is 5.32 Å². The Bertz CT molecular complexity index is 549. The highest BCUT2D eigenvalue weighted by Gasteiger charge is 2.30. The molecule has 0 aliphatic heterocycles. The second-order valence-electron chi connectivity index (χ2n) is 5.77. The van der Waals surface area contributed by atoms with E-state index in [2.05, 4.69) is 5.32 Å². The molecule has 134 valence electrons. The minimum Gasteiger partial charge on any atom is -0.390 e. The number of nitrogens with one attached hydrogen (secondary N) is 1. The van der Waals surface area contributed by atoms with Crippen LogP contribution in [-0.4, -0.2) is 43.9 Å². The SMILES string of the molecule is CC(C)(SC(=S)SCc1ccccc1)C(=O)NCCC[Si](O)(O)O. The minimum absolute atomic E-state index is 0.0911. The van der Waals surface area contributed by atoms with E-state index in [0.717, 1.165) is 5.75 Å². The zero-order valence-corrected chi connectivity index (χ0v) is 17.1. The van der Waals surface area contributed by atoms with Gasteiger partial charge in [0.25, 0.3) is 0 Å². The van der Waals surface area contributed by atoms with Gasteiger partial charge in [0.1, 0.15) is 3.53 Å². The first-order chi connectivity index (χ1) is 11.1. The smallest absolute Gasteiger partial charge is 0.390 e. The van der Waals surface area contributed by atoms with Gasteiger partial charge in [-0.25, -0.2) is 0 Å². The second-order valence-corrected chi connectivity index (χ2v) is 11.6. The van der Waals surface area contributed by atoms with Gasteiger partial charge in [0.15, 0.2) is 0 Å². The number of carbonyl (C=O) groups is 1. The molecular weight excluding hydrogens is 382 g/mol. The summed E-state index contributed by atoms with van der Waals surface area (Å²) < 4.78 is -0.0149. The van der Waals surface area contributed by atoms with Crippen LogP contribution in [0.25, 0.3) is 0 Å². The summed E-state index contributed by atoms with van der Waals surface area (Å²) in [5, 5.41) is 2.73. The molecule has 0 aliphatic carbocycles. The third-order valence-corrected chi connectivity index (χ3v) is 6.87. The molecule has 1 amide bonds. The first-order valence-corrected chi connectivity index (χ1v) is 11.7. The summed E-state index contributed by atoms with van der Waals surface area (Å²) in [6.07, 6.45) is 0.315. The van der Waals surface area contributed by atoms with Crippen LogP contribution in [0.1, 0.15) is 25.8 Å². The molecule has 0 saturated heterocycles. The molecule has 0 fully saturated rings. The number of hydrogen-bond acceptors (Lipinski definition) is 7. The fraction of sp³-hybridized carbons (Fsp3) is 0.467. The van der Waals surface area contributed by atoms with Crippen molar-refractivity contribution < 1.29 is 19.2 Å². The van der Waals surface area contributed by atoms with Crippen molar-refractivity contribution in [3.63, 3.8) is 0 Å². The Morgan fingerprint density at radius 1 is 1.25 bits per heavy atom. The van der Waals surface area contributed by atoms with Crippen LogP contribution in [0.15, 0.2) is 30.3 Å². The fourth-order valence-corrected chi connectivity index (χ4v) is 5.29. The van der Waals surface area contributed by atoms with Crippen LogP contribution >= 0.6 is 35.7 Å². The van der Waals surface area contributed by atoms with Gasteiger partial charge in [0.05, 0.1) is 4.75 Å². The number of rotatable bonds is 8. The molecule has 9 heteroatoms. The van der Waals surface area contributed by atoms with Gasteiger partial charge in [-0.15, -0.1) is 11.8 Å². The molecule has 5 nitrogen and oxygen atoms in total. The van der Waals surface area contributed by atoms with E-state index in [-0.39, 0.29) is 18.5 Å². The molecule has 0 heterocycles. The maximum absolute atomic E-state index is 12.2. The lowest BCUT2D eigenvalue weighted by molar-refractivity contribution is -0.122. The molecule has 0 unspecified atom stereocenters. The molecule has 0 aliphatic rings. The second kappa shape index (κ2) is 9.90. The average Bonchev–Trinajstić information content (AvgIpc) is 2.49. The molecule has 0 bridgehead atoms. The Morgan fingerprint density at radius 2 is 1.88 bits per heavy atom. The monoisotopic (exact) mass is 405 g/mol. The molecular formula is C15H23NO4S3Si. The molecule has 1 rings (SSSR count). The first-order valence-electron chi connectivity index (χ1n) is 7.45. The van der Waals surface area contributed by atoms with Crippen molar-refractivity contribution in [1.29, 1.82) is 0 Å². The molecule has 1 aromatic carbocycles. The number of thiocarbonyl (C=S) groups is 1. The summed E-state index contributed by atoms with van der Waals surface area (Å²) in [5.41, 5.74) is 1.18. The lowest BCUT2D eigenvalue weighted by Crippen LogP contribution is -2.41. The van der Waals surface area contributed by atoms with Gasteiger partial charge in [-0.05, 0) is 25.8 Å². The average molecular weight is 406 g/mol. The van der Waals surface area contributed by atoms with E-state index in [4.69, 9.17) is 26.6 Å². The van der Waals surface area contributed by atoms with Gasteiger partial charge in [0.2, 0.25) is 5.91 Å². The number of carbonyl (C=O) groups excluding carboxylic acids is 1. The lowest BCUT2D eigenvalue weighted by atomic mass is 10.2. The van der Waals surface area contributed by atoms with Crippen molar-refractivity contribution in [3.05, 3.63) is 35.9 Å². The van der Waals surface area contributed by atoms with Crippen LogP contribution < -0.4 is 5.32 Å². The highest BCUT2D eigenvalue weighted by atomic mass is 32.2. The number of thioether (sulfide) groups is 2. The molecule has 0 aromatic heterocycles. The summed E-state index contributed by atoms with van der Waals surface area (Å²) in [5.74, 6) is 0.594. The summed E-state index contributed by atoms with van der Waals surface area (Å²) in [7, 11) is -4.02. The summed E-state index contributed by atoms with van der Waals surface area (Å²) in [4.78, 5) is 39.0. The van der Waals surface area contributed by atoms with E-state index in [0.29, 0.717) is 9.95 Å². The Labute approximate surface area is 157 Å². The maximum atomic E-state index is 12.2. The molecule has 0 atom stereocenters. The summed E-state index contributed by atoms with van der Waals surface area (Å²) in [6, 6.07) is 9.89. The van der Waals surface area contributed by atoms with Crippen LogP contribution in [0.3, 0.4) is 0 Å². The zero-order chi connectivity index (χ0) is 18.2. The Balaban J connectivity index is 2.35. The molecule has 24 heavy (non-hydrogen) atoms. The number of benzene rings is 1. The zero-order valence-electron chi connectivity index (χ0n) is 13.7. The number of hydrogen-bond donors (Lipinski definition) is 4. The van der Waals surface area contributed by atoms with Crippen LogP contribution in [0.5, 0.6) is 0 Å². The minimum atomic E-state index is -4.02. The molecule has 1 aromatic rings. The quantitative estimate of drug-likeness (QED) is 0.299. The van der Waals surface area contributed by atoms with Gasteiger partial charge >= 0.3 is 8.80 Å². The fourth-order valence-electron chi connectivity index (χ4n) is 1.74. The van der Waals surface area contributed by atoms with E-state index < -0.39 is 13.6 Å². The van der Waals surface area contributed by atoms with Crippen LogP contribution in [-0.2, 0) is 10.5 Å². The standard InChI is InChI=1S/C15H23NO4S3Si/c1-15(2,13(17)16-9-6-10-24(18,19)20)23-14(21)22-11-12-7-4-3-5-8-12/h3-5,7-8,18-20H,6,9-11H2,1-2H3,(H,16,17). The number of amides is 1. The molecule has 0 saturated carbocycles. The van der Waals surface area contributed by atoms with Gasteiger partial charge in [0, 0.05) is 18.3 Å². The lowest BCUT2D eigenvalue weighted by Gasteiger charge is -2.23. The third kappa shape index (κ3) is 9.16. The van der Waals surface area contributed by atoms with E-state index in [9.17, 15) is 4.79 Å². The van der Waals surface area contributed by atoms with E-state index in [1.54, 1.807) is 13.8 Å². The van der Waals surface area contributed by atoms with Gasteiger partial charge in [-0.2, -0.15) is 0 Å². The van der Waals surface area contributed by atoms with Crippen molar-refractivity contribution in [2.24, 2.45) is 0 Å². The van der Waals surface area contributed by atoms with Crippen LogP contribution in [0.2, 0.25) is 6.04 Å². The Hall–Kier alpha value is -0.423. The third-order valence-electron chi connectivity index (χ3n) is 3.06. The molecule has 0 spiro atoms. The van der Waals surface area contributed by atoms with Gasteiger partial charge in [-0.1, -0.05) is 54.3 Å². The van der Waals surface area contributed by atoms with E-state index in [1.165, 1.54) is 29.1 Å². The van der Waals surface area contributed by atoms with Crippen molar-refractivity contribution in [2.45, 2.75) is 36.8 Å². The van der Waals surface area contributed by atoms with Crippen LogP contribution in [0, 0.1) is 0 Å². The van der Waals surface area contributed by atoms with Crippen molar-refractivity contribution in [2.75, 3.05) is 6.54 Å². The first kappa shape index (κ1) is 21.6. The van der Waals surface area contributed by atoms with Crippen molar-refractivity contribution >= 4 is 54.0 Å². The topological polar surface area (TPSA) is 89.8 Å². The highest BCUT2D eigenvalue weighted by molar-refractivity contribution is 8.47. The summed E-state index contributed by atoms with van der Waals surface area (Å²) in [6.45, 7) is 3.88. The van der Waals surface area contributed by atoms with Gasteiger partial charge < -0.3 is 19.7 Å². The Kier molecular flexibility index (Phi) is 8.92.